The largest absolute Gasteiger partial charge is 0.488 e. The second-order valence-electron chi connectivity index (χ2n) is 9.62. The zero-order valence-corrected chi connectivity index (χ0v) is 20.2. The summed E-state index contributed by atoms with van der Waals surface area (Å²) in [6, 6.07) is 29.9. The molecule has 0 bridgehead atoms. The summed E-state index contributed by atoms with van der Waals surface area (Å²) in [6.07, 6.45) is 1.44. The van der Waals surface area contributed by atoms with Gasteiger partial charge in [0, 0.05) is 5.92 Å². The van der Waals surface area contributed by atoms with E-state index in [0.717, 1.165) is 36.7 Å². The summed E-state index contributed by atoms with van der Waals surface area (Å²) in [5.74, 6) is 2.56. The van der Waals surface area contributed by atoms with E-state index in [9.17, 15) is 0 Å². The van der Waals surface area contributed by atoms with Crippen LogP contribution in [0.2, 0.25) is 0 Å². The molecule has 6 heteroatoms. The molecule has 6 unspecified atom stereocenters. The van der Waals surface area contributed by atoms with Gasteiger partial charge < -0.3 is 28.4 Å². The molecular formula is C30H32O6. The molecule has 0 saturated carbocycles. The van der Waals surface area contributed by atoms with E-state index < -0.39 is 0 Å². The van der Waals surface area contributed by atoms with E-state index in [1.54, 1.807) is 0 Å². The van der Waals surface area contributed by atoms with Crippen molar-refractivity contribution >= 4 is 0 Å². The molecule has 3 aliphatic rings. The van der Waals surface area contributed by atoms with Gasteiger partial charge in [-0.15, -0.1) is 0 Å². The minimum atomic E-state index is -0.164. The molecule has 3 fully saturated rings. The fraction of sp³-hybridized carbons (Fsp3) is 0.400. The molecule has 0 radical (unpaired) electrons. The lowest BCUT2D eigenvalue weighted by Crippen LogP contribution is -2.45. The van der Waals surface area contributed by atoms with E-state index in [2.05, 4.69) is 0 Å². The Morgan fingerprint density at radius 1 is 0.528 bits per heavy atom. The lowest BCUT2D eigenvalue weighted by Gasteiger charge is -2.34. The average Bonchev–Trinajstić information content (AvgIpc) is 3.78. The third-order valence-corrected chi connectivity index (χ3v) is 6.91. The summed E-state index contributed by atoms with van der Waals surface area (Å²) < 4.78 is 36.8. The first-order valence-corrected chi connectivity index (χ1v) is 12.8. The zero-order valence-electron chi connectivity index (χ0n) is 20.2. The van der Waals surface area contributed by atoms with Gasteiger partial charge in [0.05, 0.1) is 19.8 Å². The molecule has 188 valence electrons. The molecular weight excluding hydrogens is 456 g/mol. The van der Waals surface area contributed by atoms with Crippen LogP contribution in [0.25, 0.3) is 0 Å². The van der Waals surface area contributed by atoms with Crippen LogP contribution >= 0.6 is 0 Å². The predicted octanol–water partition coefficient (Wildman–Crippen LogP) is 4.92. The molecule has 6 atom stereocenters. The van der Waals surface area contributed by atoms with Crippen molar-refractivity contribution in [3.8, 4) is 17.2 Å². The standard InChI is InChI=1S/C30H32O6/c1-4-10-21(11-5-1)34-25(26-18-31-26)17-16-24(29(27-19-32-27)35-22-12-6-2-7-13-22)30(28-20-33-28)36-23-14-8-3-9-15-23/h1-15,24-30H,16-20H2. The second-order valence-corrected chi connectivity index (χ2v) is 9.62. The van der Waals surface area contributed by atoms with Crippen molar-refractivity contribution in [3.63, 3.8) is 0 Å². The van der Waals surface area contributed by atoms with E-state index in [1.807, 2.05) is 91.0 Å². The normalized spacial score (nSPS) is 25.2. The predicted molar refractivity (Wildman–Crippen MR) is 135 cm³/mol. The first-order chi connectivity index (χ1) is 17.8. The van der Waals surface area contributed by atoms with Crippen LogP contribution < -0.4 is 14.2 Å². The van der Waals surface area contributed by atoms with Crippen LogP contribution in [0.1, 0.15) is 12.8 Å². The van der Waals surface area contributed by atoms with E-state index in [1.165, 1.54) is 0 Å². The van der Waals surface area contributed by atoms with Crippen LogP contribution in [0.3, 0.4) is 0 Å². The van der Waals surface area contributed by atoms with Crippen LogP contribution in [-0.2, 0) is 14.2 Å². The number of rotatable bonds is 14. The van der Waals surface area contributed by atoms with Crippen LogP contribution in [-0.4, -0.2) is 56.4 Å². The number of hydrogen-bond acceptors (Lipinski definition) is 6. The van der Waals surface area contributed by atoms with Crippen molar-refractivity contribution in [2.45, 2.75) is 49.5 Å². The van der Waals surface area contributed by atoms with Gasteiger partial charge in [0.1, 0.15) is 53.9 Å². The van der Waals surface area contributed by atoms with Crippen molar-refractivity contribution in [1.29, 1.82) is 0 Å². The Morgan fingerprint density at radius 2 is 0.917 bits per heavy atom. The van der Waals surface area contributed by atoms with Crippen molar-refractivity contribution in [3.05, 3.63) is 91.0 Å². The first-order valence-electron chi connectivity index (χ1n) is 12.8. The van der Waals surface area contributed by atoms with Crippen molar-refractivity contribution in [2.24, 2.45) is 5.92 Å². The SMILES string of the molecule is c1ccc(OC(CCC(C(Oc2ccccc2)C2CO2)C(Oc2ccccc2)C2CO2)C2CO2)cc1. The third-order valence-electron chi connectivity index (χ3n) is 6.91. The highest BCUT2D eigenvalue weighted by Gasteiger charge is 2.50. The maximum absolute atomic E-state index is 6.59. The minimum Gasteiger partial charge on any atom is -0.488 e. The van der Waals surface area contributed by atoms with E-state index >= 15 is 0 Å². The maximum atomic E-state index is 6.59. The summed E-state index contributed by atoms with van der Waals surface area (Å²) in [6.45, 7) is 2.11. The third kappa shape index (κ3) is 6.19. The smallest absolute Gasteiger partial charge is 0.133 e. The highest BCUT2D eigenvalue weighted by Crippen LogP contribution is 2.37. The van der Waals surface area contributed by atoms with Gasteiger partial charge in [-0.3, -0.25) is 0 Å². The molecule has 3 saturated heterocycles. The lowest BCUT2D eigenvalue weighted by molar-refractivity contribution is 0.000792. The lowest BCUT2D eigenvalue weighted by atomic mass is 9.86. The molecule has 3 aromatic carbocycles. The van der Waals surface area contributed by atoms with Gasteiger partial charge in [-0.2, -0.15) is 0 Å². The topological polar surface area (TPSA) is 65.3 Å². The van der Waals surface area contributed by atoms with Crippen LogP contribution in [0.4, 0.5) is 0 Å². The Labute approximate surface area is 212 Å². The summed E-state index contributed by atoms with van der Waals surface area (Å²) in [5, 5.41) is 0. The van der Waals surface area contributed by atoms with E-state index in [4.69, 9.17) is 28.4 Å². The number of hydrogen-bond donors (Lipinski definition) is 0. The van der Waals surface area contributed by atoms with Gasteiger partial charge >= 0.3 is 0 Å². The molecule has 36 heavy (non-hydrogen) atoms. The minimum absolute atomic E-state index is 0.0292. The molecule has 0 aromatic heterocycles. The Morgan fingerprint density at radius 3 is 1.31 bits per heavy atom. The maximum Gasteiger partial charge on any atom is 0.133 e. The number of para-hydroxylation sites is 3. The monoisotopic (exact) mass is 488 g/mol. The van der Waals surface area contributed by atoms with Gasteiger partial charge in [0.25, 0.3) is 0 Å². The van der Waals surface area contributed by atoms with Crippen molar-refractivity contribution < 1.29 is 28.4 Å². The molecule has 0 spiro atoms. The van der Waals surface area contributed by atoms with E-state index in [0.29, 0.717) is 13.2 Å². The number of benzene rings is 3. The fourth-order valence-electron chi connectivity index (χ4n) is 4.82. The Balaban J connectivity index is 1.25. The van der Waals surface area contributed by atoms with Gasteiger partial charge in [0.15, 0.2) is 0 Å². The highest BCUT2D eigenvalue weighted by atomic mass is 16.6. The Bertz CT molecular complexity index is 1010. The van der Waals surface area contributed by atoms with Gasteiger partial charge in [0.2, 0.25) is 0 Å². The van der Waals surface area contributed by atoms with Crippen LogP contribution in [0.5, 0.6) is 17.2 Å². The summed E-state index contributed by atoms with van der Waals surface area (Å²) in [5.41, 5.74) is 0. The quantitative estimate of drug-likeness (QED) is 0.300. The summed E-state index contributed by atoms with van der Waals surface area (Å²) in [4.78, 5) is 0. The summed E-state index contributed by atoms with van der Waals surface area (Å²) >= 11 is 0. The van der Waals surface area contributed by atoms with Gasteiger partial charge in [-0.25, -0.2) is 0 Å². The number of epoxide rings is 3. The highest BCUT2D eigenvalue weighted by molar-refractivity contribution is 5.24. The Hall–Kier alpha value is -3.06. The van der Waals surface area contributed by atoms with Crippen molar-refractivity contribution in [2.75, 3.05) is 19.8 Å². The zero-order chi connectivity index (χ0) is 24.2. The second kappa shape index (κ2) is 10.9. The molecule has 0 N–H and O–H groups in total. The van der Waals surface area contributed by atoms with Crippen LogP contribution in [0, 0.1) is 5.92 Å². The van der Waals surface area contributed by atoms with Crippen LogP contribution in [0.15, 0.2) is 91.0 Å². The molecule has 6 rings (SSSR count). The van der Waals surface area contributed by atoms with E-state index in [-0.39, 0.29) is 42.5 Å². The molecule has 6 nitrogen and oxygen atoms in total. The fourth-order valence-corrected chi connectivity index (χ4v) is 4.82. The molecule has 0 aliphatic carbocycles. The first kappa shape index (κ1) is 23.3. The molecule has 3 aromatic rings. The van der Waals surface area contributed by atoms with Crippen molar-refractivity contribution in [1.82, 2.24) is 0 Å². The Kier molecular flexibility index (Phi) is 7.07. The number of ether oxygens (including phenoxy) is 6. The molecule has 3 aliphatic heterocycles. The summed E-state index contributed by atoms with van der Waals surface area (Å²) in [7, 11) is 0. The molecule has 0 amide bonds. The van der Waals surface area contributed by atoms with Gasteiger partial charge in [-0.05, 0) is 49.2 Å². The van der Waals surface area contributed by atoms with Gasteiger partial charge in [-0.1, -0.05) is 54.6 Å². The molecule has 3 heterocycles. The average molecular weight is 489 g/mol.